The average molecular weight is 340 g/mol. The molecule has 0 aromatic heterocycles. The molecule has 0 amide bonds. The van der Waals surface area contributed by atoms with E-state index in [1.807, 2.05) is 25.1 Å². The Kier molecular flexibility index (Phi) is 3.85. The Balaban J connectivity index is 2.24. The molecule has 0 atom stereocenters. The first-order valence-corrected chi connectivity index (χ1v) is 6.78. The van der Waals surface area contributed by atoms with E-state index in [4.69, 9.17) is 9.47 Å². The van der Waals surface area contributed by atoms with E-state index < -0.39 is 17.7 Å². The summed E-state index contributed by atoms with van der Waals surface area (Å²) in [5.41, 5.74) is 1.57. The lowest BCUT2D eigenvalue weighted by atomic mass is 10.2. The van der Waals surface area contributed by atoms with E-state index in [9.17, 15) is 9.59 Å². The van der Waals surface area contributed by atoms with Crippen LogP contribution in [0.15, 0.2) is 34.4 Å². The Bertz CT molecular complexity index is 565. The molecule has 20 heavy (non-hydrogen) atoms. The number of anilines is 1. The van der Waals surface area contributed by atoms with E-state index in [0.717, 1.165) is 15.7 Å². The number of carbonyl (C=O) groups excluding carboxylic acids is 2. The molecule has 2 rings (SSSR count). The maximum atomic E-state index is 11.8. The first-order valence-electron chi connectivity index (χ1n) is 5.99. The van der Waals surface area contributed by atoms with Crippen molar-refractivity contribution in [3.05, 3.63) is 40.0 Å². The van der Waals surface area contributed by atoms with Crippen LogP contribution in [0.25, 0.3) is 0 Å². The number of benzene rings is 1. The molecule has 0 unspecified atom stereocenters. The zero-order valence-electron chi connectivity index (χ0n) is 11.3. The Hall–Kier alpha value is -1.82. The van der Waals surface area contributed by atoms with Gasteiger partial charge in [-0.15, -0.1) is 0 Å². The molecule has 1 aliphatic heterocycles. The van der Waals surface area contributed by atoms with E-state index in [-0.39, 0.29) is 5.57 Å². The van der Waals surface area contributed by atoms with Gasteiger partial charge in [-0.25, -0.2) is 9.59 Å². The summed E-state index contributed by atoms with van der Waals surface area (Å²) in [5, 5.41) is 2.93. The van der Waals surface area contributed by atoms with Crippen LogP contribution in [0.2, 0.25) is 0 Å². The van der Waals surface area contributed by atoms with E-state index in [1.165, 1.54) is 20.0 Å². The van der Waals surface area contributed by atoms with Crippen molar-refractivity contribution in [2.24, 2.45) is 0 Å². The van der Waals surface area contributed by atoms with Crippen molar-refractivity contribution >= 4 is 33.6 Å². The highest BCUT2D eigenvalue weighted by Gasteiger charge is 2.38. The third-order valence-corrected chi connectivity index (χ3v) is 3.36. The lowest BCUT2D eigenvalue weighted by Crippen LogP contribution is -2.42. The molecule has 1 aromatic rings. The minimum Gasteiger partial charge on any atom is -0.419 e. The topological polar surface area (TPSA) is 64.6 Å². The molecule has 0 spiro atoms. The second-order valence-electron chi connectivity index (χ2n) is 4.81. The van der Waals surface area contributed by atoms with Gasteiger partial charge >= 0.3 is 11.9 Å². The van der Waals surface area contributed by atoms with Gasteiger partial charge in [0.05, 0.1) is 5.69 Å². The minimum atomic E-state index is -1.23. The summed E-state index contributed by atoms with van der Waals surface area (Å²) < 4.78 is 10.8. The molecule has 106 valence electrons. The standard InChI is InChI=1S/C14H14BrNO4/c1-8-5-4-6-10(15)11(8)16-7-9-12(17)19-14(2,3)20-13(9)18/h4-7,16H,1-3H3. The lowest BCUT2D eigenvalue weighted by molar-refractivity contribution is -0.222. The van der Waals surface area contributed by atoms with Crippen LogP contribution in [0, 0.1) is 6.92 Å². The van der Waals surface area contributed by atoms with E-state index >= 15 is 0 Å². The van der Waals surface area contributed by atoms with Gasteiger partial charge in [-0.2, -0.15) is 0 Å². The third kappa shape index (κ3) is 3.01. The van der Waals surface area contributed by atoms with Gasteiger partial charge in [0.15, 0.2) is 5.57 Å². The second kappa shape index (κ2) is 5.28. The minimum absolute atomic E-state index is 0.167. The fourth-order valence-corrected chi connectivity index (χ4v) is 2.32. The Morgan fingerprint density at radius 1 is 1.20 bits per heavy atom. The zero-order chi connectivity index (χ0) is 14.9. The van der Waals surface area contributed by atoms with Gasteiger partial charge in [0, 0.05) is 24.5 Å². The Morgan fingerprint density at radius 2 is 1.80 bits per heavy atom. The number of nitrogens with one attached hydrogen (secondary N) is 1. The number of hydrogen-bond acceptors (Lipinski definition) is 5. The van der Waals surface area contributed by atoms with Crippen LogP contribution in [0.4, 0.5) is 5.69 Å². The van der Waals surface area contributed by atoms with Crippen LogP contribution in [0.1, 0.15) is 19.4 Å². The molecule has 5 nitrogen and oxygen atoms in total. The average Bonchev–Trinajstić information content (AvgIpc) is 2.29. The molecular formula is C14H14BrNO4. The SMILES string of the molecule is Cc1cccc(Br)c1NC=C1C(=O)OC(C)(C)OC1=O. The number of rotatable bonds is 2. The summed E-state index contributed by atoms with van der Waals surface area (Å²) in [4.78, 5) is 23.5. The number of carbonyl (C=O) groups is 2. The highest BCUT2D eigenvalue weighted by molar-refractivity contribution is 9.10. The summed E-state index contributed by atoms with van der Waals surface area (Å²) in [6, 6.07) is 5.66. The van der Waals surface area contributed by atoms with Gasteiger partial charge in [0.1, 0.15) is 0 Å². The monoisotopic (exact) mass is 339 g/mol. The van der Waals surface area contributed by atoms with Crippen molar-refractivity contribution < 1.29 is 19.1 Å². The molecular weight excluding hydrogens is 326 g/mol. The number of halogens is 1. The number of esters is 2. The van der Waals surface area contributed by atoms with Crippen molar-refractivity contribution in [1.29, 1.82) is 0 Å². The maximum Gasteiger partial charge on any atom is 0.350 e. The normalized spacial score (nSPS) is 17.3. The number of hydrogen-bond donors (Lipinski definition) is 1. The van der Waals surface area contributed by atoms with Crippen molar-refractivity contribution in [2.45, 2.75) is 26.6 Å². The van der Waals surface area contributed by atoms with Gasteiger partial charge in [0.2, 0.25) is 0 Å². The quantitative estimate of drug-likeness (QED) is 0.510. The van der Waals surface area contributed by atoms with Gasteiger partial charge in [0.25, 0.3) is 5.79 Å². The molecule has 0 aliphatic carbocycles. The summed E-state index contributed by atoms with van der Waals surface area (Å²) in [5.74, 6) is -2.64. The van der Waals surface area contributed by atoms with Gasteiger partial charge < -0.3 is 14.8 Å². The van der Waals surface area contributed by atoms with Crippen LogP contribution >= 0.6 is 15.9 Å². The van der Waals surface area contributed by atoms with Crippen molar-refractivity contribution in [3.8, 4) is 0 Å². The van der Waals surface area contributed by atoms with E-state index in [1.54, 1.807) is 0 Å². The van der Waals surface area contributed by atoms with Crippen LogP contribution in [0.3, 0.4) is 0 Å². The first-order chi connectivity index (χ1) is 9.30. The molecule has 1 heterocycles. The maximum absolute atomic E-state index is 11.8. The summed E-state index contributed by atoms with van der Waals surface area (Å²) >= 11 is 3.40. The molecule has 0 bridgehead atoms. The highest BCUT2D eigenvalue weighted by atomic mass is 79.9. The van der Waals surface area contributed by atoms with Crippen molar-refractivity contribution in [1.82, 2.24) is 0 Å². The van der Waals surface area contributed by atoms with Crippen LogP contribution in [0.5, 0.6) is 0 Å². The molecule has 1 aromatic carbocycles. The smallest absolute Gasteiger partial charge is 0.350 e. The van der Waals surface area contributed by atoms with Crippen LogP contribution in [-0.2, 0) is 19.1 Å². The fraction of sp³-hybridized carbons (Fsp3) is 0.286. The van der Waals surface area contributed by atoms with Crippen molar-refractivity contribution in [2.75, 3.05) is 5.32 Å². The molecule has 6 heteroatoms. The summed E-state index contributed by atoms with van der Waals surface area (Å²) in [7, 11) is 0. The van der Waals surface area contributed by atoms with E-state index in [0.29, 0.717) is 0 Å². The fourth-order valence-electron chi connectivity index (χ4n) is 1.74. The summed E-state index contributed by atoms with van der Waals surface area (Å²) in [6.07, 6.45) is 1.30. The van der Waals surface area contributed by atoms with Crippen LogP contribution in [-0.4, -0.2) is 17.7 Å². The van der Waals surface area contributed by atoms with E-state index in [2.05, 4.69) is 21.2 Å². The Morgan fingerprint density at radius 3 is 2.35 bits per heavy atom. The number of aryl methyl sites for hydroxylation is 1. The lowest BCUT2D eigenvalue weighted by Gasteiger charge is -2.29. The molecule has 1 saturated heterocycles. The zero-order valence-corrected chi connectivity index (χ0v) is 12.9. The third-order valence-electron chi connectivity index (χ3n) is 2.70. The van der Waals surface area contributed by atoms with Crippen molar-refractivity contribution in [3.63, 3.8) is 0 Å². The highest BCUT2D eigenvalue weighted by Crippen LogP contribution is 2.27. The molecule has 0 saturated carbocycles. The molecule has 1 N–H and O–H groups in total. The summed E-state index contributed by atoms with van der Waals surface area (Å²) in [6.45, 7) is 4.92. The number of para-hydroxylation sites is 1. The van der Waals surface area contributed by atoms with Gasteiger partial charge in [-0.05, 0) is 34.5 Å². The first kappa shape index (κ1) is 14.6. The van der Waals surface area contributed by atoms with Crippen LogP contribution < -0.4 is 5.32 Å². The largest absolute Gasteiger partial charge is 0.419 e. The predicted molar refractivity (Wildman–Crippen MR) is 76.8 cm³/mol. The van der Waals surface area contributed by atoms with Gasteiger partial charge in [-0.1, -0.05) is 12.1 Å². The number of ether oxygens (including phenoxy) is 2. The molecule has 0 radical (unpaired) electrons. The molecule has 1 fully saturated rings. The predicted octanol–water partition coefficient (Wildman–Crippen LogP) is 2.89. The molecule has 1 aliphatic rings. The second-order valence-corrected chi connectivity index (χ2v) is 5.67. The Labute approximate surface area is 125 Å². The van der Waals surface area contributed by atoms with Gasteiger partial charge in [-0.3, -0.25) is 0 Å². The number of cyclic esters (lactones) is 2.